The maximum Gasteiger partial charge on any atom is 0.000496 e. The number of nitrogens with one attached hydrogen (secondary N) is 1. The third-order valence-corrected chi connectivity index (χ3v) is 0.496. The lowest BCUT2D eigenvalue weighted by molar-refractivity contribution is 1.42. The molecule has 0 atom stereocenters. The zero-order valence-corrected chi connectivity index (χ0v) is 10.8. The van der Waals surface area contributed by atoms with Gasteiger partial charge in [0.1, 0.15) is 0 Å². The molecule has 1 aromatic heterocycles. The van der Waals surface area contributed by atoms with Crippen LogP contribution >= 0.6 is 0 Å². The first kappa shape index (κ1) is 22.8. The van der Waals surface area contributed by atoms with E-state index in [1.165, 1.54) is 0 Å². The fourth-order valence-electron chi connectivity index (χ4n) is 0.278. The van der Waals surface area contributed by atoms with E-state index in [4.69, 9.17) is 0 Å². The van der Waals surface area contributed by atoms with Crippen molar-refractivity contribution < 1.29 is 0 Å². The van der Waals surface area contributed by atoms with Crippen LogP contribution in [0.5, 0.6) is 0 Å². The Morgan fingerprint density at radius 1 is 0.538 bits per heavy atom. The molecule has 1 heteroatoms. The summed E-state index contributed by atoms with van der Waals surface area (Å²) in [6, 6.07) is 3.89. The molecule has 0 spiro atoms. The number of aromatic amines is 1. The van der Waals surface area contributed by atoms with Gasteiger partial charge in [-0.1, -0.05) is 55.4 Å². The molecule has 1 nitrogen and oxygen atoms in total. The molecular weight excluding hydrogens is 158 g/mol. The average Bonchev–Trinajstić information content (AvgIpc) is 2.87. The largest absolute Gasteiger partial charge is 0.368 e. The van der Waals surface area contributed by atoms with Crippen LogP contribution in [-0.4, -0.2) is 4.98 Å². The second-order valence-corrected chi connectivity index (χ2v) is 0.885. The molecule has 0 bridgehead atoms. The maximum absolute atomic E-state index is 2.86. The summed E-state index contributed by atoms with van der Waals surface area (Å²) in [5.74, 6) is 0. The number of rotatable bonds is 0. The van der Waals surface area contributed by atoms with E-state index in [1.807, 2.05) is 79.9 Å². The lowest BCUT2D eigenvalue weighted by Crippen LogP contribution is -1.38. The van der Waals surface area contributed by atoms with E-state index in [0.717, 1.165) is 0 Å². The molecule has 13 heavy (non-hydrogen) atoms. The van der Waals surface area contributed by atoms with Gasteiger partial charge in [0.15, 0.2) is 0 Å². The molecule has 0 fully saturated rings. The molecule has 82 valence electrons. The maximum atomic E-state index is 2.86. The monoisotopic (exact) mass is 187 g/mol. The minimum Gasteiger partial charge on any atom is -0.368 e. The van der Waals surface area contributed by atoms with Crippen molar-refractivity contribution in [3.63, 3.8) is 0 Å². The third-order valence-electron chi connectivity index (χ3n) is 0.496. The summed E-state index contributed by atoms with van der Waals surface area (Å²) in [7, 11) is 0. The summed E-state index contributed by atoms with van der Waals surface area (Å²) in [5.41, 5.74) is 0. The quantitative estimate of drug-likeness (QED) is 0.580. The van der Waals surface area contributed by atoms with Crippen LogP contribution in [0.25, 0.3) is 0 Å². The molecule has 1 aromatic rings. The number of hydrogen-bond acceptors (Lipinski definition) is 0. The predicted octanol–water partition coefficient (Wildman–Crippen LogP) is 5.12. The normalized spacial score (nSPS) is 4.92. The first-order valence-corrected chi connectivity index (χ1v) is 5.58. The predicted molar refractivity (Wildman–Crippen MR) is 66.2 cm³/mol. The van der Waals surface area contributed by atoms with E-state index in [1.54, 1.807) is 0 Å². The van der Waals surface area contributed by atoms with Gasteiger partial charge >= 0.3 is 0 Å². The van der Waals surface area contributed by atoms with Gasteiger partial charge in [-0.15, -0.1) is 0 Å². The minimum absolute atomic E-state index is 1.88. The van der Waals surface area contributed by atoms with E-state index in [-0.39, 0.29) is 0 Å². The highest BCUT2D eigenvalue weighted by Crippen LogP contribution is 1.72. The lowest BCUT2D eigenvalue weighted by atomic mass is 10.7. The molecule has 0 aromatic carbocycles. The Bertz CT molecular complexity index is 61.6. The summed E-state index contributed by atoms with van der Waals surface area (Å²) in [4.78, 5) is 2.86. The van der Waals surface area contributed by atoms with E-state index in [9.17, 15) is 0 Å². The van der Waals surface area contributed by atoms with Crippen LogP contribution in [0.1, 0.15) is 55.4 Å². The van der Waals surface area contributed by atoms with Crippen LogP contribution in [0.4, 0.5) is 0 Å². The van der Waals surface area contributed by atoms with Crippen molar-refractivity contribution in [2.75, 3.05) is 0 Å². The highest BCUT2D eigenvalue weighted by atomic mass is 14.6. The Morgan fingerprint density at radius 2 is 0.769 bits per heavy atom. The number of hydrogen-bond donors (Lipinski definition) is 1. The molecular formula is C12H29N. The molecule has 1 N–H and O–H groups in total. The molecule has 0 radical (unpaired) electrons. The Kier molecular flexibility index (Phi) is 114. The van der Waals surface area contributed by atoms with Crippen molar-refractivity contribution in [1.29, 1.82) is 0 Å². The zero-order valence-electron chi connectivity index (χ0n) is 10.8. The SMILES string of the molecule is CC.CC.CC.CC.c1cc[nH]c1. The molecule has 0 aliphatic heterocycles. The third kappa shape index (κ3) is 53.0. The lowest BCUT2D eigenvalue weighted by Gasteiger charge is -1.49. The van der Waals surface area contributed by atoms with Gasteiger partial charge in [-0.25, -0.2) is 0 Å². The summed E-state index contributed by atoms with van der Waals surface area (Å²) >= 11 is 0. The van der Waals surface area contributed by atoms with E-state index < -0.39 is 0 Å². The second-order valence-electron chi connectivity index (χ2n) is 0.885. The van der Waals surface area contributed by atoms with Gasteiger partial charge in [-0.2, -0.15) is 0 Å². The fraction of sp³-hybridized carbons (Fsp3) is 0.667. The van der Waals surface area contributed by atoms with Gasteiger partial charge in [0, 0.05) is 12.4 Å². The molecule has 0 saturated carbocycles. The zero-order chi connectivity index (χ0) is 11.5. The summed E-state index contributed by atoms with van der Waals surface area (Å²) in [5, 5.41) is 0. The van der Waals surface area contributed by atoms with Crippen molar-refractivity contribution in [3.05, 3.63) is 24.5 Å². The van der Waals surface area contributed by atoms with Crippen LogP contribution < -0.4 is 0 Å². The Balaban J connectivity index is -0.0000000445. The highest BCUT2D eigenvalue weighted by Gasteiger charge is 1.55. The average molecular weight is 187 g/mol. The fourth-order valence-corrected chi connectivity index (χ4v) is 0.278. The van der Waals surface area contributed by atoms with Crippen LogP contribution in [-0.2, 0) is 0 Å². The van der Waals surface area contributed by atoms with E-state index >= 15 is 0 Å². The van der Waals surface area contributed by atoms with Gasteiger partial charge in [-0.05, 0) is 12.1 Å². The molecule has 1 rings (SSSR count). The Morgan fingerprint density at radius 3 is 0.846 bits per heavy atom. The van der Waals surface area contributed by atoms with Crippen molar-refractivity contribution in [3.8, 4) is 0 Å². The van der Waals surface area contributed by atoms with Crippen molar-refractivity contribution >= 4 is 0 Å². The summed E-state index contributed by atoms with van der Waals surface area (Å²) in [6.07, 6.45) is 3.75. The Hall–Kier alpha value is -0.720. The van der Waals surface area contributed by atoms with Crippen LogP contribution in [0.2, 0.25) is 0 Å². The topological polar surface area (TPSA) is 15.8 Å². The van der Waals surface area contributed by atoms with Crippen LogP contribution in [0.3, 0.4) is 0 Å². The van der Waals surface area contributed by atoms with Gasteiger partial charge in [0.2, 0.25) is 0 Å². The first-order valence-electron chi connectivity index (χ1n) is 5.58. The molecule has 0 aliphatic carbocycles. The van der Waals surface area contributed by atoms with Gasteiger partial charge < -0.3 is 4.98 Å². The molecule has 0 unspecified atom stereocenters. The Labute approximate surface area is 85.6 Å². The second kappa shape index (κ2) is 65.1. The molecule has 0 aliphatic rings. The van der Waals surface area contributed by atoms with E-state index in [0.29, 0.717) is 0 Å². The number of aromatic nitrogens is 1. The molecule has 0 amide bonds. The van der Waals surface area contributed by atoms with E-state index in [2.05, 4.69) is 4.98 Å². The van der Waals surface area contributed by atoms with Crippen LogP contribution in [0, 0.1) is 0 Å². The molecule has 1 heterocycles. The van der Waals surface area contributed by atoms with Crippen molar-refractivity contribution in [2.45, 2.75) is 55.4 Å². The highest BCUT2D eigenvalue weighted by molar-refractivity contribution is 4.84. The first-order chi connectivity index (χ1) is 6.50. The summed E-state index contributed by atoms with van der Waals surface area (Å²) in [6.45, 7) is 16.0. The number of H-pyrrole nitrogens is 1. The van der Waals surface area contributed by atoms with Crippen molar-refractivity contribution in [1.82, 2.24) is 4.98 Å². The smallest absolute Gasteiger partial charge is 0.000496 e. The van der Waals surface area contributed by atoms with Crippen molar-refractivity contribution in [2.24, 2.45) is 0 Å². The van der Waals surface area contributed by atoms with Crippen LogP contribution in [0.15, 0.2) is 24.5 Å². The summed E-state index contributed by atoms with van der Waals surface area (Å²) < 4.78 is 0. The standard InChI is InChI=1S/C4H5N.4C2H6/c1-2-4-5-3-1;4*1-2/h1-5H;4*1-2H3. The van der Waals surface area contributed by atoms with Gasteiger partial charge in [0.05, 0.1) is 0 Å². The molecule has 0 saturated heterocycles. The van der Waals surface area contributed by atoms with Gasteiger partial charge in [-0.3, -0.25) is 0 Å². The van der Waals surface area contributed by atoms with Gasteiger partial charge in [0.25, 0.3) is 0 Å². The minimum atomic E-state index is 1.88.